The number of hydrogen-bond acceptors (Lipinski definition) is 5. The Balaban J connectivity index is 2.22. The second-order valence-corrected chi connectivity index (χ2v) is 6.85. The first-order valence-electron chi connectivity index (χ1n) is 8.24. The minimum atomic E-state index is -1.11. The third kappa shape index (κ3) is 3.28. The van der Waals surface area contributed by atoms with Crippen molar-refractivity contribution in [2.45, 2.75) is 20.3 Å². The number of aliphatic carboxylic acids is 1. The molecule has 0 saturated heterocycles. The van der Waals surface area contributed by atoms with Crippen LogP contribution in [0.5, 0.6) is 10.8 Å². The average Bonchev–Trinajstić information content (AvgIpc) is 3.19. The first-order chi connectivity index (χ1) is 12.9. The number of ether oxygens (including phenoxy) is 2. The summed E-state index contributed by atoms with van der Waals surface area (Å²) in [4.78, 5) is 24.8. The van der Waals surface area contributed by atoms with Gasteiger partial charge in [-0.3, -0.25) is 14.2 Å². The fourth-order valence-corrected chi connectivity index (χ4v) is 3.91. The van der Waals surface area contributed by atoms with Crippen LogP contribution in [-0.2, 0) is 11.2 Å². The lowest BCUT2D eigenvalue weighted by Gasteiger charge is -2.06. The molecule has 142 valence electrons. The van der Waals surface area contributed by atoms with Gasteiger partial charge in [0.15, 0.2) is 16.6 Å². The third-order valence-electron chi connectivity index (χ3n) is 4.23. The second kappa shape index (κ2) is 7.40. The van der Waals surface area contributed by atoms with E-state index >= 15 is 0 Å². The first kappa shape index (κ1) is 18.9. The molecular formula is C19H18FNO5S. The summed E-state index contributed by atoms with van der Waals surface area (Å²) in [5.41, 5.74) is 0.943. The molecule has 0 fully saturated rings. The Kier molecular flexibility index (Phi) is 5.18. The lowest BCUT2D eigenvalue weighted by molar-refractivity contribution is -0.136. The minimum absolute atomic E-state index is 0.00602. The molecule has 0 aliphatic heterocycles. The Morgan fingerprint density at radius 3 is 2.63 bits per heavy atom. The van der Waals surface area contributed by atoms with Gasteiger partial charge in [-0.2, -0.15) is 0 Å². The van der Waals surface area contributed by atoms with Crippen LogP contribution >= 0.6 is 11.3 Å². The largest absolute Gasteiger partial charge is 0.494 e. The predicted molar refractivity (Wildman–Crippen MR) is 99.7 cm³/mol. The molecule has 1 N–H and O–H groups in total. The van der Waals surface area contributed by atoms with Crippen molar-refractivity contribution in [3.05, 3.63) is 46.2 Å². The van der Waals surface area contributed by atoms with Gasteiger partial charge in [-0.15, -0.1) is 0 Å². The van der Waals surface area contributed by atoms with Gasteiger partial charge in [-0.25, -0.2) is 4.39 Å². The number of carboxylic acid groups (broad SMARTS) is 1. The van der Waals surface area contributed by atoms with Crippen LogP contribution in [0.15, 0.2) is 24.3 Å². The van der Waals surface area contributed by atoms with Crippen molar-refractivity contribution in [3.63, 3.8) is 0 Å². The van der Waals surface area contributed by atoms with Crippen LogP contribution in [0.25, 0.3) is 10.9 Å². The summed E-state index contributed by atoms with van der Waals surface area (Å²) < 4.78 is 26.6. The molecule has 0 aliphatic carbocycles. The molecule has 0 atom stereocenters. The standard InChI is InChI=1S/C19H18FNO5S/c1-4-26-16-8-7-14(27-16)19(24)21-10(2)11(9-15(22)23)17-12(21)5-6-13(25-3)18(17)20/h5-8H,4,9H2,1-3H3,(H,22,23). The zero-order chi connectivity index (χ0) is 19.7. The smallest absolute Gasteiger partial charge is 0.307 e. The molecular weight excluding hydrogens is 373 g/mol. The highest BCUT2D eigenvalue weighted by Gasteiger charge is 2.25. The Bertz CT molecular complexity index is 1040. The first-order valence-corrected chi connectivity index (χ1v) is 9.06. The number of methoxy groups -OCH3 is 1. The van der Waals surface area contributed by atoms with E-state index in [-0.39, 0.29) is 22.6 Å². The number of carbonyl (C=O) groups excluding carboxylic acids is 1. The summed E-state index contributed by atoms with van der Waals surface area (Å²) in [6.45, 7) is 3.94. The van der Waals surface area contributed by atoms with E-state index in [2.05, 4.69) is 0 Å². The lowest BCUT2D eigenvalue weighted by Crippen LogP contribution is -2.12. The average molecular weight is 391 g/mol. The van der Waals surface area contributed by atoms with E-state index in [1.54, 1.807) is 25.1 Å². The summed E-state index contributed by atoms with van der Waals surface area (Å²) >= 11 is 1.19. The fourth-order valence-electron chi connectivity index (χ4n) is 3.07. The van der Waals surface area contributed by atoms with Crippen LogP contribution in [0.2, 0.25) is 0 Å². The van der Waals surface area contributed by atoms with Gasteiger partial charge in [0.1, 0.15) is 0 Å². The van der Waals surface area contributed by atoms with E-state index in [0.29, 0.717) is 27.8 Å². The van der Waals surface area contributed by atoms with Crippen LogP contribution < -0.4 is 9.47 Å². The number of carboxylic acids is 1. The summed E-state index contributed by atoms with van der Waals surface area (Å²) in [6.07, 6.45) is -0.401. The molecule has 0 saturated carbocycles. The summed E-state index contributed by atoms with van der Waals surface area (Å²) in [5.74, 6) is -2.16. The summed E-state index contributed by atoms with van der Waals surface area (Å²) in [7, 11) is 1.33. The van der Waals surface area contributed by atoms with Gasteiger partial charge in [-0.05, 0) is 43.7 Å². The molecule has 3 aromatic rings. The van der Waals surface area contributed by atoms with Crippen molar-refractivity contribution >= 4 is 34.1 Å². The molecule has 0 amide bonds. The number of nitrogens with zero attached hydrogens (tertiary/aromatic N) is 1. The summed E-state index contributed by atoms with van der Waals surface area (Å²) in [5, 5.41) is 9.93. The number of aromatic nitrogens is 1. The maximum Gasteiger partial charge on any atom is 0.307 e. The number of halogens is 1. The lowest BCUT2D eigenvalue weighted by atomic mass is 10.1. The second-order valence-electron chi connectivity index (χ2n) is 5.80. The molecule has 1 aromatic carbocycles. The molecule has 0 bridgehead atoms. The number of rotatable bonds is 6. The van der Waals surface area contributed by atoms with E-state index in [9.17, 15) is 19.1 Å². The predicted octanol–water partition coefficient (Wildman–Crippen LogP) is 3.87. The highest BCUT2D eigenvalue weighted by Crippen LogP contribution is 2.35. The van der Waals surface area contributed by atoms with Gasteiger partial charge in [-0.1, -0.05) is 11.3 Å². The molecule has 0 unspecified atom stereocenters. The van der Waals surface area contributed by atoms with E-state index < -0.39 is 18.2 Å². The van der Waals surface area contributed by atoms with Crippen molar-refractivity contribution in [2.75, 3.05) is 13.7 Å². The van der Waals surface area contributed by atoms with Gasteiger partial charge in [0.2, 0.25) is 0 Å². The molecule has 6 nitrogen and oxygen atoms in total. The van der Waals surface area contributed by atoms with Gasteiger partial charge in [0, 0.05) is 11.1 Å². The Morgan fingerprint density at radius 2 is 2.00 bits per heavy atom. The van der Waals surface area contributed by atoms with Crippen LogP contribution in [0, 0.1) is 12.7 Å². The van der Waals surface area contributed by atoms with Crippen molar-refractivity contribution in [1.82, 2.24) is 4.57 Å². The molecule has 2 heterocycles. The maximum absolute atomic E-state index is 14.9. The zero-order valence-electron chi connectivity index (χ0n) is 15.0. The normalized spacial score (nSPS) is 11.0. The van der Waals surface area contributed by atoms with Crippen LogP contribution in [0.1, 0.15) is 27.9 Å². The highest BCUT2D eigenvalue weighted by molar-refractivity contribution is 7.15. The van der Waals surface area contributed by atoms with Crippen molar-refractivity contribution < 1.29 is 28.6 Å². The van der Waals surface area contributed by atoms with Crippen molar-refractivity contribution in [3.8, 4) is 10.8 Å². The van der Waals surface area contributed by atoms with Crippen LogP contribution in [0.3, 0.4) is 0 Å². The van der Waals surface area contributed by atoms with Crippen LogP contribution in [-0.4, -0.2) is 35.3 Å². The molecule has 0 spiro atoms. The zero-order valence-corrected chi connectivity index (χ0v) is 15.9. The number of benzene rings is 1. The minimum Gasteiger partial charge on any atom is -0.494 e. The molecule has 0 radical (unpaired) electrons. The van der Waals surface area contributed by atoms with Gasteiger partial charge >= 0.3 is 5.97 Å². The van der Waals surface area contributed by atoms with Crippen molar-refractivity contribution in [1.29, 1.82) is 0 Å². The quantitative estimate of drug-likeness (QED) is 0.690. The number of carbonyl (C=O) groups is 2. The Hall–Kier alpha value is -2.87. The number of hydrogen-bond donors (Lipinski definition) is 1. The Morgan fingerprint density at radius 1 is 1.26 bits per heavy atom. The van der Waals surface area contributed by atoms with E-state index in [4.69, 9.17) is 9.47 Å². The molecule has 2 aromatic heterocycles. The summed E-state index contributed by atoms with van der Waals surface area (Å²) in [6, 6.07) is 6.32. The molecule has 0 aliphatic rings. The highest BCUT2D eigenvalue weighted by atomic mass is 32.1. The van der Waals surface area contributed by atoms with Crippen LogP contribution in [0.4, 0.5) is 4.39 Å². The van der Waals surface area contributed by atoms with E-state index in [1.165, 1.54) is 29.1 Å². The molecule has 27 heavy (non-hydrogen) atoms. The van der Waals surface area contributed by atoms with E-state index in [1.807, 2.05) is 6.92 Å². The van der Waals surface area contributed by atoms with Crippen molar-refractivity contribution in [2.24, 2.45) is 0 Å². The monoisotopic (exact) mass is 391 g/mol. The number of thiophene rings is 1. The molecule has 8 heteroatoms. The van der Waals surface area contributed by atoms with E-state index in [0.717, 1.165) is 0 Å². The number of fused-ring (bicyclic) bond motifs is 1. The topological polar surface area (TPSA) is 77.8 Å². The molecule has 3 rings (SSSR count). The van der Waals surface area contributed by atoms with Gasteiger partial charge < -0.3 is 14.6 Å². The van der Waals surface area contributed by atoms with Gasteiger partial charge in [0.05, 0.1) is 30.5 Å². The van der Waals surface area contributed by atoms with Gasteiger partial charge in [0.25, 0.3) is 5.91 Å². The maximum atomic E-state index is 14.9. The third-order valence-corrected chi connectivity index (χ3v) is 5.21. The SMILES string of the molecule is CCOc1ccc(C(=O)n2c(C)c(CC(=O)O)c3c(F)c(OC)ccc32)s1. The fraction of sp³-hybridized carbons (Fsp3) is 0.263. The Labute approximate surface area is 158 Å².